The molecule has 0 saturated heterocycles. The number of hydrogen-bond acceptors (Lipinski definition) is 4. The number of carbonyl (C=O) groups is 2. The molecule has 0 atom stereocenters. The van der Waals surface area contributed by atoms with Crippen LogP contribution in [0, 0.1) is 0 Å². The van der Waals surface area contributed by atoms with Crippen LogP contribution in [-0.2, 0) is 18.3 Å². The second kappa shape index (κ2) is 6.56. The Morgan fingerprint density at radius 3 is 2.52 bits per heavy atom. The molecule has 2 amide bonds. The second-order valence-electron chi connectivity index (χ2n) is 4.34. The maximum Gasteiger partial charge on any atom is 0.337 e. The highest BCUT2D eigenvalue weighted by Gasteiger charge is 2.06. The number of amides is 2. The molecule has 1 aromatic carbocycles. The van der Waals surface area contributed by atoms with E-state index < -0.39 is 0 Å². The lowest BCUT2D eigenvalue weighted by Gasteiger charge is -2.08. The third kappa shape index (κ3) is 3.82. The highest BCUT2D eigenvalue weighted by molar-refractivity contribution is 5.89. The summed E-state index contributed by atoms with van der Waals surface area (Å²) in [7, 11) is 3.07. The van der Waals surface area contributed by atoms with Crippen molar-refractivity contribution in [2.75, 3.05) is 12.4 Å². The van der Waals surface area contributed by atoms with Gasteiger partial charge in [0.1, 0.15) is 5.82 Å². The fraction of sp³-hybridized carbons (Fsp3) is 0.214. The Bertz CT molecular complexity index is 634. The average Bonchev–Trinajstić information content (AvgIpc) is 2.90. The number of ether oxygens (including phenoxy) is 1. The Kier molecular flexibility index (Phi) is 4.55. The molecule has 2 N–H and O–H groups in total. The number of nitrogens with zero attached hydrogens (tertiary/aromatic N) is 2. The zero-order valence-corrected chi connectivity index (χ0v) is 11.8. The minimum Gasteiger partial charge on any atom is -0.465 e. The van der Waals surface area contributed by atoms with E-state index in [9.17, 15) is 9.59 Å². The molecule has 0 fully saturated rings. The van der Waals surface area contributed by atoms with Gasteiger partial charge in [-0.25, -0.2) is 9.59 Å². The van der Waals surface area contributed by atoms with E-state index in [0.717, 1.165) is 5.56 Å². The molecule has 0 aliphatic rings. The van der Waals surface area contributed by atoms with E-state index in [2.05, 4.69) is 20.5 Å². The van der Waals surface area contributed by atoms with Gasteiger partial charge in [0.05, 0.1) is 18.9 Å². The number of nitrogens with one attached hydrogen (secondary N) is 2. The molecule has 0 bridgehead atoms. The van der Waals surface area contributed by atoms with Crippen LogP contribution < -0.4 is 10.6 Å². The Balaban J connectivity index is 1.86. The molecule has 7 heteroatoms. The number of benzene rings is 1. The molecule has 21 heavy (non-hydrogen) atoms. The first-order valence-corrected chi connectivity index (χ1v) is 6.30. The molecule has 2 aromatic rings. The molecule has 7 nitrogen and oxygen atoms in total. The monoisotopic (exact) mass is 288 g/mol. The van der Waals surface area contributed by atoms with E-state index in [1.165, 1.54) is 7.11 Å². The van der Waals surface area contributed by atoms with Crippen LogP contribution in [0.25, 0.3) is 0 Å². The van der Waals surface area contributed by atoms with Crippen molar-refractivity contribution in [2.24, 2.45) is 7.05 Å². The number of rotatable bonds is 4. The van der Waals surface area contributed by atoms with Gasteiger partial charge >= 0.3 is 12.0 Å². The van der Waals surface area contributed by atoms with Crippen molar-refractivity contribution in [1.29, 1.82) is 0 Å². The van der Waals surface area contributed by atoms with E-state index in [1.807, 2.05) is 0 Å². The first-order valence-electron chi connectivity index (χ1n) is 6.30. The quantitative estimate of drug-likeness (QED) is 0.835. The van der Waals surface area contributed by atoms with Crippen molar-refractivity contribution in [3.05, 3.63) is 47.7 Å². The van der Waals surface area contributed by atoms with Crippen LogP contribution >= 0.6 is 0 Å². The summed E-state index contributed by atoms with van der Waals surface area (Å²) >= 11 is 0. The molecule has 1 aromatic heterocycles. The van der Waals surface area contributed by atoms with Crippen LogP contribution in [0.1, 0.15) is 15.9 Å². The van der Waals surface area contributed by atoms with Crippen molar-refractivity contribution < 1.29 is 14.3 Å². The highest BCUT2D eigenvalue weighted by atomic mass is 16.5. The van der Waals surface area contributed by atoms with Crippen LogP contribution in [0.2, 0.25) is 0 Å². The van der Waals surface area contributed by atoms with Crippen LogP contribution in [0.3, 0.4) is 0 Å². The Labute approximate surface area is 121 Å². The largest absolute Gasteiger partial charge is 0.465 e. The lowest BCUT2D eigenvalue weighted by atomic mass is 10.1. The van der Waals surface area contributed by atoms with E-state index in [1.54, 1.807) is 48.3 Å². The smallest absolute Gasteiger partial charge is 0.337 e. The molecule has 0 unspecified atom stereocenters. The summed E-state index contributed by atoms with van der Waals surface area (Å²) in [6, 6.07) is 8.21. The average molecular weight is 288 g/mol. The normalized spacial score (nSPS) is 10.0. The summed E-state index contributed by atoms with van der Waals surface area (Å²) in [5.74, 6) is 0.219. The van der Waals surface area contributed by atoms with Crippen molar-refractivity contribution in [3.63, 3.8) is 0 Å². The Hall–Kier alpha value is -2.83. The molecule has 0 spiro atoms. The number of carbonyl (C=O) groups excluding carboxylic acids is 2. The molecule has 2 rings (SSSR count). The summed E-state index contributed by atoms with van der Waals surface area (Å²) in [4.78, 5) is 23.0. The summed E-state index contributed by atoms with van der Waals surface area (Å²) in [6.45, 7) is 0.352. The lowest BCUT2D eigenvalue weighted by molar-refractivity contribution is 0.0600. The molecule has 0 aliphatic heterocycles. The number of anilines is 1. The summed E-state index contributed by atoms with van der Waals surface area (Å²) in [6.07, 6.45) is 1.60. The van der Waals surface area contributed by atoms with Crippen LogP contribution in [0.5, 0.6) is 0 Å². The minimum absolute atomic E-state index is 0.323. The summed E-state index contributed by atoms with van der Waals surface area (Å²) < 4.78 is 6.18. The first-order chi connectivity index (χ1) is 10.1. The number of aromatic nitrogens is 2. The number of urea groups is 1. The second-order valence-corrected chi connectivity index (χ2v) is 4.34. The van der Waals surface area contributed by atoms with Gasteiger partial charge < -0.3 is 10.1 Å². The number of aryl methyl sites for hydroxylation is 1. The molecule has 1 heterocycles. The van der Waals surface area contributed by atoms with E-state index in [-0.39, 0.29) is 12.0 Å². The molecular weight excluding hydrogens is 272 g/mol. The third-order valence-corrected chi connectivity index (χ3v) is 2.89. The highest BCUT2D eigenvalue weighted by Crippen LogP contribution is 2.06. The minimum atomic E-state index is -0.386. The zero-order chi connectivity index (χ0) is 15.2. The number of hydrogen-bond donors (Lipinski definition) is 2. The predicted molar refractivity (Wildman–Crippen MR) is 76.8 cm³/mol. The molecule has 0 saturated carbocycles. The summed E-state index contributed by atoms with van der Waals surface area (Å²) in [5, 5.41) is 9.35. The fourth-order valence-corrected chi connectivity index (χ4v) is 1.72. The van der Waals surface area contributed by atoms with Crippen molar-refractivity contribution in [1.82, 2.24) is 15.1 Å². The van der Waals surface area contributed by atoms with Crippen LogP contribution in [0.4, 0.5) is 10.6 Å². The predicted octanol–water partition coefficient (Wildman–Crippen LogP) is 1.53. The van der Waals surface area contributed by atoms with Crippen LogP contribution in [-0.4, -0.2) is 28.9 Å². The van der Waals surface area contributed by atoms with Crippen LogP contribution in [0.15, 0.2) is 36.5 Å². The topological polar surface area (TPSA) is 85.2 Å². The number of methoxy groups -OCH3 is 1. The van der Waals surface area contributed by atoms with Crippen molar-refractivity contribution >= 4 is 17.8 Å². The Morgan fingerprint density at radius 2 is 1.95 bits per heavy atom. The fourth-order valence-electron chi connectivity index (χ4n) is 1.72. The van der Waals surface area contributed by atoms with E-state index in [0.29, 0.717) is 17.9 Å². The maximum atomic E-state index is 11.7. The molecule has 110 valence electrons. The van der Waals surface area contributed by atoms with Gasteiger partial charge in [-0.05, 0) is 17.7 Å². The van der Waals surface area contributed by atoms with Gasteiger partial charge in [0.25, 0.3) is 0 Å². The van der Waals surface area contributed by atoms with E-state index >= 15 is 0 Å². The van der Waals surface area contributed by atoms with Gasteiger partial charge in [0.2, 0.25) is 0 Å². The SMILES string of the molecule is COC(=O)c1ccc(CNC(=O)Nc2ccnn2C)cc1. The first kappa shape index (κ1) is 14.6. The van der Waals surface area contributed by atoms with Gasteiger partial charge in [-0.2, -0.15) is 5.10 Å². The van der Waals surface area contributed by atoms with Gasteiger partial charge in [0.15, 0.2) is 0 Å². The number of esters is 1. The van der Waals surface area contributed by atoms with Gasteiger partial charge in [-0.15, -0.1) is 0 Å². The van der Waals surface area contributed by atoms with Crippen molar-refractivity contribution in [2.45, 2.75) is 6.54 Å². The van der Waals surface area contributed by atoms with Gasteiger partial charge in [-0.1, -0.05) is 12.1 Å². The summed E-state index contributed by atoms with van der Waals surface area (Å²) in [5.41, 5.74) is 1.35. The van der Waals surface area contributed by atoms with E-state index in [4.69, 9.17) is 0 Å². The van der Waals surface area contributed by atoms with Crippen molar-refractivity contribution in [3.8, 4) is 0 Å². The van der Waals surface area contributed by atoms with Gasteiger partial charge in [-0.3, -0.25) is 10.00 Å². The zero-order valence-electron chi connectivity index (χ0n) is 11.8. The molecular formula is C14H16N4O3. The lowest BCUT2D eigenvalue weighted by Crippen LogP contribution is -2.29. The third-order valence-electron chi connectivity index (χ3n) is 2.89. The van der Waals surface area contributed by atoms with Gasteiger partial charge in [0, 0.05) is 19.7 Å². The molecule has 0 aliphatic carbocycles. The molecule has 0 radical (unpaired) electrons. The Morgan fingerprint density at radius 1 is 1.24 bits per heavy atom. The standard InChI is InChI=1S/C14H16N4O3/c1-18-12(7-8-16-18)17-14(20)15-9-10-3-5-11(6-4-10)13(19)21-2/h3-8H,9H2,1-2H3,(H2,15,17,20). The maximum absolute atomic E-state index is 11.7.